The minimum atomic E-state index is -0.719. The number of aliphatic hydroxyl groups is 2. The summed E-state index contributed by atoms with van der Waals surface area (Å²) in [6, 6.07) is 0. The summed E-state index contributed by atoms with van der Waals surface area (Å²) in [6.45, 7) is 5.58. The minimum absolute atomic E-state index is 0.0150. The largest absolute Gasteiger partial charge is 0.390 e. The van der Waals surface area contributed by atoms with E-state index in [1.807, 2.05) is 13.8 Å². The second-order valence-corrected chi connectivity index (χ2v) is 3.44. The maximum absolute atomic E-state index is 9.50. The number of ether oxygens (including phenoxy) is 1. The van der Waals surface area contributed by atoms with Crippen LogP contribution in [0.5, 0.6) is 0 Å². The van der Waals surface area contributed by atoms with Gasteiger partial charge >= 0.3 is 0 Å². The molecule has 1 saturated heterocycles. The highest BCUT2D eigenvalue weighted by Gasteiger charge is 2.37. The van der Waals surface area contributed by atoms with E-state index >= 15 is 0 Å². The van der Waals surface area contributed by atoms with E-state index < -0.39 is 12.4 Å². The molecule has 1 fully saturated rings. The van der Waals surface area contributed by atoms with E-state index in [0.717, 1.165) is 0 Å². The second-order valence-electron chi connectivity index (χ2n) is 3.44. The van der Waals surface area contributed by atoms with E-state index in [1.54, 1.807) is 6.92 Å². The Morgan fingerprint density at radius 3 is 2.09 bits per heavy atom. The van der Waals surface area contributed by atoms with Crippen LogP contribution in [-0.4, -0.2) is 28.7 Å². The van der Waals surface area contributed by atoms with Crippen molar-refractivity contribution in [2.45, 2.75) is 39.3 Å². The lowest BCUT2D eigenvalue weighted by atomic mass is 9.85. The maximum Gasteiger partial charge on any atom is 0.157 e. The first-order valence-corrected chi connectivity index (χ1v) is 4.05. The highest BCUT2D eigenvalue weighted by molar-refractivity contribution is 4.81. The van der Waals surface area contributed by atoms with Gasteiger partial charge in [0.1, 0.15) is 0 Å². The molecule has 0 aromatic carbocycles. The molecule has 0 amide bonds. The molecule has 0 aliphatic carbocycles. The Kier molecular flexibility index (Phi) is 2.52. The average Bonchev–Trinajstić information content (AvgIpc) is 1.97. The van der Waals surface area contributed by atoms with Crippen LogP contribution in [0.25, 0.3) is 0 Å². The summed E-state index contributed by atoms with van der Waals surface area (Å²) in [5.74, 6) is 0.120. The number of hydrogen-bond acceptors (Lipinski definition) is 3. The molecule has 1 rings (SSSR count). The fourth-order valence-corrected chi connectivity index (χ4v) is 1.42. The molecule has 66 valence electrons. The summed E-state index contributed by atoms with van der Waals surface area (Å²) in [7, 11) is 0. The molecule has 5 atom stereocenters. The van der Waals surface area contributed by atoms with Crippen molar-refractivity contribution in [3.05, 3.63) is 0 Å². The minimum Gasteiger partial charge on any atom is -0.390 e. The molecule has 0 aromatic rings. The topological polar surface area (TPSA) is 49.7 Å². The number of hydrogen-bond donors (Lipinski definition) is 2. The van der Waals surface area contributed by atoms with Gasteiger partial charge < -0.3 is 14.9 Å². The Hall–Kier alpha value is -0.120. The second kappa shape index (κ2) is 3.09. The van der Waals surface area contributed by atoms with Crippen LogP contribution < -0.4 is 0 Å². The van der Waals surface area contributed by atoms with Crippen LogP contribution >= 0.6 is 0 Å². The maximum atomic E-state index is 9.50. The summed E-state index contributed by atoms with van der Waals surface area (Å²) < 4.78 is 5.09. The van der Waals surface area contributed by atoms with Gasteiger partial charge in [0.25, 0.3) is 0 Å². The van der Waals surface area contributed by atoms with Crippen molar-refractivity contribution in [2.75, 3.05) is 0 Å². The zero-order valence-electron chi connectivity index (χ0n) is 7.19. The van der Waals surface area contributed by atoms with Gasteiger partial charge in [-0.15, -0.1) is 0 Å². The van der Waals surface area contributed by atoms with Crippen LogP contribution in [0.3, 0.4) is 0 Å². The van der Waals surface area contributed by atoms with E-state index in [4.69, 9.17) is 4.74 Å². The summed E-state index contributed by atoms with van der Waals surface area (Å²) in [6.07, 6.45) is -1.42. The highest BCUT2D eigenvalue weighted by atomic mass is 16.6. The molecule has 2 unspecified atom stereocenters. The molecule has 1 aliphatic heterocycles. The fourth-order valence-electron chi connectivity index (χ4n) is 1.42. The van der Waals surface area contributed by atoms with Crippen LogP contribution in [-0.2, 0) is 4.74 Å². The van der Waals surface area contributed by atoms with Gasteiger partial charge in [-0.2, -0.15) is 0 Å². The molecule has 0 bridgehead atoms. The van der Waals surface area contributed by atoms with E-state index in [0.29, 0.717) is 0 Å². The monoisotopic (exact) mass is 160 g/mol. The third-order valence-electron chi connectivity index (χ3n) is 2.65. The first kappa shape index (κ1) is 8.97. The highest BCUT2D eigenvalue weighted by Crippen LogP contribution is 2.28. The van der Waals surface area contributed by atoms with Gasteiger partial charge in [0.05, 0.1) is 12.2 Å². The Balaban J connectivity index is 2.63. The lowest BCUT2D eigenvalue weighted by molar-refractivity contribution is -0.237. The molecule has 0 spiro atoms. The lowest BCUT2D eigenvalue weighted by Gasteiger charge is -2.38. The average molecular weight is 160 g/mol. The molecule has 3 heteroatoms. The summed E-state index contributed by atoms with van der Waals surface area (Å²) in [5, 5.41) is 18.8. The molecular formula is C8H16O3. The molecule has 0 saturated carbocycles. The van der Waals surface area contributed by atoms with E-state index in [1.165, 1.54) is 0 Å². The van der Waals surface area contributed by atoms with Crippen molar-refractivity contribution in [3.8, 4) is 0 Å². The normalized spacial score (nSPS) is 52.6. The zero-order chi connectivity index (χ0) is 8.59. The third-order valence-corrected chi connectivity index (χ3v) is 2.65. The molecule has 0 aromatic heterocycles. The van der Waals surface area contributed by atoms with Gasteiger partial charge in [0.15, 0.2) is 6.29 Å². The van der Waals surface area contributed by atoms with E-state index in [2.05, 4.69) is 0 Å². The van der Waals surface area contributed by atoms with Crippen LogP contribution in [0.15, 0.2) is 0 Å². The standard InChI is InChI=1S/C8H16O3/c1-4-5(2)8(10)11-6(3)7(4)9/h4-10H,1-3H3/t4-,5?,6?,7-,8-/m0/s1. The molecule has 2 N–H and O–H groups in total. The van der Waals surface area contributed by atoms with Crippen molar-refractivity contribution in [1.82, 2.24) is 0 Å². The fraction of sp³-hybridized carbons (Fsp3) is 1.00. The quantitative estimate of drug-likeness (QED) is 0.538. The van der Waals surface area contributed by atoms with E-state index in [9.17, 15) is 10.2 Å². The molecule has 3 nitrogen and oxygen atoms in total. The smallest absolute Gasteiger partial charge is 0.157 e. The van der Waals surface area contributed by atoms with Crippen molar-refractivity contribution < 1.29 is 14.9 Å². The van der Waals surface area contributed by atoms with Gasteiger partial charge in [-0.3, -0.25) is 0 Å². The predicted octanol–water partition coefficient (Wildman–Crippen LogP) is 0.357. The molecule has 1 aliphatic rings. The summed E-state index contributed by atoms with van der Waals surface area (Å²) >= 11 is 0. The van der Waals surface area contributed by atoms with Gasteiger partial charge in [-0.05, 0) is 12.8 Å². The van der Waals surface area contributed by atoms with Gasteiger partial charge in [0, 0.05) is 5.92 Å². The van der Waals surface area contributed by atoms with Crippen molar-refractivity contribution >= 4 is 0 Å². The Labute approximate surface area is 67.0 Å². The van der Waals surface area contributed by atoms with Crippen molar-refractivity contribution in [2.24, 2.45) is 11.8 Å². The predicted molar refractivity (Wildman–Crippen MR) is 40.9 cm³/mol. The van der Waals surface area contributed by atoms with E-state index in [-0.39, 0.29) is 17.9 Å². The van der Waals surface area contributed by atoms with Crippen LogP contribution in [0.1, 0.15) is 20.8 Å². The van der Waals surface area contributed by atoms with Crippen LogP contribution in [0.2, 0.25) is 0 Å². The number of aliphatic hydroxyl groups excluding tert-OH is 2. The first-order chi connectivity index (χ1) is 5.04. The summed E-state index contributed by atoms with van der Waals surface area (Å²) in [5.41, 5.74) is 0. The Morgan fingerprint density at radius 2 is 1.55 bits per heavy atom. The molecule has 1 heterocycles. The Morgan fingerprint density at radius 1 is 1.00 bits per heavy atom. The molecule has 11 heavy (non-hydrogen) atoms. The van der Waals surface area contributed by atoms with Crippen molar-refractivity contribution in [1.29, 1.82) is 0 Å². The van der Waals surface area contributed by atoms with Gasteiger partial charge in [-0.1, -0.05) is 13.8 Å². The first-order valence-electron chi connectivity index (χ1n) is 4.05. The molecule has 0 radical (unpaired) electrons. The van der Waals surface area contributed by atoms with Gasteiger partial charge in [0.2, 0.25) is 0 Å². The molecular weight excluding hydrogens is 144 g/mol. The van der Waals surface area contributed by atoms with Crippen molar-refractivity contribution in [3.63, 3.8) is 0 Å². The third kappa shape index (κ3) is 1.55. The SMILES string of the molecule is CC1O[C@H](O)C(C)[C@H](C)[C@@H]1O. The summed E-state index contributed by atoms with van der Waals surface area (Å²) in [4.78, 5) is 0. The van der Waals surface area contributed by atoms with Gasteiger partial charge in [-0.25, -0.2) is 0 Å². The Bertz CT molecular complexity index is 123. The lowest BCUT2D eigenvalue weighted by Crippen LogP contribution is -2.47. The zero-order valence-corrected chi connectivity index (χ0v) is 7.19. The number of rotatable bonds is 0. The van der Waals surface area contributed by atoms with Crippen LogP contribution in [0, 0.1) is 11.8 Å². The van der Waals surface area contributed by atoms with Crippen LogP contribution in [0.4, 0.5) is 0 Å².